The van der Waals surface area contributed by atoms with Crippen LogP contribution in [0.3, 0.4) is 0 Å². The molecule has 5 nitrogen and oxygen atoms in total. The van der Waals surface area contributed by atoms with Gasteiger partial charge in [-0.25, -0.2) is 0 Å². The second-order valence-corrected chi connectivity index (χ2v) is 8.32. The van der Waals surface area contributed by atoms with Gasteiger partial charge in [0.15, 0.2) is 6.10 Å². The van der Waals surface area contributed by atoms with Crippen LogP contribution in [0.25, 0.3) is 0 Å². The lowest BCUT2D eigenvalue weighted by Crippen LogP contribution is -2.80. The molecule has 0 aliphatic carbocycles. The summed E-state index contributed by atoms with van der Waals surface area (Å²) in [5, 5.41) is 1.92. The van der Waals surface area contributed by atoms with Gasteiger partial charge in [0.1, 0.15) is 24.4 Å². The largest absolute Gasteiger partial charge is 0.606 e. The van der Waals surface area contributed by atoms with Crippen molar-refractivity contribution < 1.29 is 23.8 Å². The fourth-order valence-electron chi connectivity index (χ4n) is 1.81. The number of para-hydroxylation sites is 1. The highest BCUT2D eigenvalue weighted by atomic mass is 35.5. The van der Waals surface area contributed by atoms with E-state index in [2.05, 4.69) is 0 Å². The Hall–Kier alpha value is 0.900. The molecule has 0 bridgehead atoms. The van der Waals surface area contributed by atoms with Crippen molar-refractivity contribution >= 4 is 71.9 Å². The third kappa shape index (κ3) is 9.40. The molecule has 1 unspecified atom stereocenters. The Morgan fingerprint density at radius 3 is 1.62 bits per heavy atom. The van der Waals surface area contributed by atoms with Crippen LogP contribution < -0.4 is 10.2 Å². The van der Waals surface area contributed by atoms with Crippen molar-refractivity contribution in [1.82, 2.24) is 0 Å². The van der Waals surface area contributed by atoms with Gasteiger partial charge in [-0.15, -0.1) is 58.0 Å². The van der Waals surface area contributed by atoms with Gasteiger partial charge in [0, 0.05) is 0 Å². The molecule has 1 aromatic rings. The molecule has 0 spiro atoms. The first-order chi connectivity index (χ1) is 12.5. The highest BCUT2D eigenvalue weighted by Crippen LogP contribution is 2.57. The van der Waals surface area contributed by atoms with E-state index in [0.29, 0.717) is 6.54 Å². The maximum atomic E-state index is 13.1. The van der Waals surface area contributed by atoms with E-state index in [0.717, 1.165) is 5.69 Å². The molecular weight excluding hydrogens is 466 g/mol. The standard InChI is InChI=1S/C15H21Cl5NO4P/c16-6-13(7-17)23-26(22,24-14(8-18)9-19)25-15(10-20)11-21-12-4-2-1-3-5-12/h1-5,13-15,21H,6-11H2/p+1. The Bertz CT molecular complexity index is 468. The second kappa shape index (κ2) is 14.0. The molecule has 0 saturated carbocycles. The number of phosphoric ester groups is 1. The van der Waals surface area contributed by atoms with E-state index in [1.165, 1.54) is 0 Å². The van der Waals surface area contributed by atoms with Gasteiger partial charge in [0.25, 0.3) is 0 Å². The van der Waals surface area contributed by atoms with Crippen LogP contribution in [0.1, 0.15) is 0 Å². The topological polar surface area (TPSA) is 67.4 Å². The fourth-order valence-corrected chi connectivity index (χ4v) is 5.05. The van der Waals surface area contributed by atoms with E-state index < -0.39 is 26.5 Å². The zero-order valence-corrected chi connectivity index (χ0v) is 18.6. The van der Waals surface area contributed by atoms with Crippen molar-refractivity contribution in [3.8, 4) is 0 Å². The van der Waals surface area contributed by atoms with Gasteiger partial charge in [-0.05, 0) is 12.1 Å². The fraction of sp³-hybridized carbons (Fsp3) is 0.600. The Morgan fingerprint density at radius 1 is 0.769 bits per heavy atom. The zero-order valence-electron chi connectivity index (χ0n) is 13.9. The van der Waals surface area contributed by atoms with Crippen LogP contribution in [0.5, 0.6) is 0 Å². The molecule has 11 heteroatoms. The quantitative estimate of drug-likeness (QED) is 0.248. The lowest BCUT2D eigenvalue weighted by atomic mass is 10.3. The molecule has 2 N–H and O–H groups in total. The number of benzene rings is 1. The number of phosphoric acid groups is 1. The van der Waals surface area contributed by atoms with Crippen molar-refractivity contribution in [3.63, 3.8) is 0 Å². The maximum absolute atomic E-state index is 13.1. The molecule has 26 heavy (non-hydrogen) atoms. The highest BCUT2D eigenvalue weighted by molar-refractivity contribution is 7.54. The first-order valence-corrected chi connectivity index (χ1v) is 12.0. The van der Waals surface area contributed by atoms with Gasteiger partial charge in [0.05, 0.1) is 29.4 Å². The molecule has 1 atom stereocenters. The third-order valence-electron chi connectivity index (χ3n) is 3.11. The van der Waals surface area contributed by atoms with Crippen LogP contribution in [0.4, 0.5) is 5.69 Å². The minimum atomic E-state index is -4.03. The number of hydrogen-bond acceptors (Lipinski definition) is 4. The van der Waals surface area contributed by atoms with Crippen LogP contribution in [-0.2, 0) is 13.6 Å². The molecule has 0 aliphatic heterocycles. The Kier molecular flexibility index (Phi) is 13.4. The number of nitrogens with two attached hydrogens (primary N) is 1. The number of halogens is 5. The van der Waals surface area contributed by atoms with Crippen molar-refractivity contribution in [3.05, 3.63) is 30.3 Å². The minimum absolute atomic E-state index is 0.0221. The van der Waals surface area contributed by atoms with Crippen LogP contribution in [0.2, 0.25) is 0 Å². The normalized spacial score (nSPS) is 13.5. The summed E-state index contributed by atoms with van der Waals surface area (Å²) in [7, 11) is -4.03. The SMILES string of the molecule is [O-][P+](OC(CCl)CCl)(OC(CCl)CCl)OC(CCl)C[NH2+]c1ccccc1. The van der Waals surface area contributed by atoms with Crippen molar-refractivity contribution in [1.29, 1.82) is 0 Å². The average Bonchev–Trinajstić information content (AvgIpc) is 2.68. The van der Waals surface area contributed by atoms with E-state index in [-0.39, 0.29) is 29.4 Å². The van der Waals surface area contributed by atoms with Crippen LogP contribution >= 0.6 is 66.2 Å². The predicted molar refractivity (Wildman–Crippen MR) is 108 cm³/mol. The Labute approximate surface area is 179 Å². The molecule has 0 saturated heterocycles. The highest BCUT2D eigenvalue weighted by Gasteiger charge is 2.42. The molecule has 150 valence electrons. The van der Waals surface area contributed by atoms with Gasteiger partial charge < -0.3 is 10.2 Å². The molecule has 0 amide bonds. The first kappa shape index (κ1) is 24.9. The summed E-state index contributed by atoms with van der Waals surface area (Å²) in [4.78, 5) is 13.1. The summed E-state index contributed by atoms with van der Waals surface area (Å²) in [6.07, 6.45) is -2.05. The number of alkyl halides is 5. The van der Waals surface area contributed by atoms with Crippen molar-refractivity contribution in [2.24, 2.45) is 0 Å². The zero-order chi connectivity index (χ0) is 19.4. The minimum Gasteiger partial charge on any atom is -0.606 e. The van der Waals surface area contributed by atoms with E-state index in [1.54, 1.807) is 0 Å². The maximum Gasteiger partial charge on any atom is 0.380 e. The van der Waals surface area contributed by atoms with E-state index in [4.69, 9.17) is 71.6 Å². The molecule has 0 fully saturated rings. The number of rotatable bonds is 14. The summed E-state index contributed by atoms with van der Waals surface area (Å²) in [5.74, 6) is 0.171. The molecular formula is C15H22Cl5NO4P+. The lowest BCUT2D eigenvalue weighted by Gasteiger charge is -2.31. The summed E-state index contributed by atoms with van der Waals surface area (Å²) < 4.78 is 16.4. The average molecular weight is 489 g/mol. The monoisotopic (exact) mass is 486 g/mol. The van der Waals surface area contributed by atoms with E-state index in [1.807, 2.05) is 35.6 Å². The van der Waals surface area contributed by atoms with Crippen LogP contribution in [-0.4, -0.2) is 54.3 Å². The summed E-state index contributed by atoms with van der Waals surface area (Å²) in [6, 6.07) is 9.62. The van der Waals surface area contributed by atoms with E-state index in [9.17, 15) is 4.89 Å². The van der Waals surface area contributed by atoms with Crippen LogP contribution in [0.15, 0.2) is 30.3 Å². The Morgan fingerprint density at radius 2 is 1.19 bits per heavy atom. The smallest absolute Gasteiger partial charge is 0.380 e. The first-order valence-electron chi connectivity index (χ1n) is 7.83. The summed E-state index contributed by atoms with van der Waals surface area (Å²) in [6.45, 7) is 0.406. The summed E-state index contributed by atoms with van der Waals surface area (Å²) >= 11 is 29.0. The van der Waals surface area contributed by atoms with Gasteiger partial charge in [-0.3, -0.25) is 0 Å². The van der Waals surface area contributed by atoms with Crippen molar-refractivity contribution in [2.45, 2.75) is 18.3 Å². The lowest BCUT2D eigenvalue weighted by molar-refractivity contribution is -0.578. The van der Waals surface area contributed by atoms with Gasteiger partial charge >= 0.3 is 8.17 Å². The third-order valence-corrected chi connectivity index (χ3v) is 6.50. The predicted octanol–water partition coefficient (Wildman–Crippen LogP) is 3.27. The van der Waals surface area contributed by atoms with E-state index >= 15 is 0 Å². The van der Waals surface area contributed by atoms with Gasteiger partial charge in [-0.2, -0.15) is 13.6 Å². The van der Waals surface area contributed by atoms with Gasteiger partial charge in [0.2, 0.25) is 0 Å². The summed E-state index contributed by atoms with van der Waals surface area (Å²) in [5.41, 5.74) is 0.988. The van der Waals surface area contributed by atoms with Crippen LogP contribution in [0, 0.1) is 0 Å². The molecule has 1 aromatic carbocycles. The molecule has 0 aromatic heterocycles. The molecule has 1 rings (SSSR count). The van der Waals surface area contributed by atoms with Crippen molar-refractivity contribution in [2.75, 3.05) is 35.9 Å². The number of quaternary nitrogens is 1. The molecule has 0 radical (unpaired) electrons. The number of hydrogen-bond donors (Lipinski definition) is 1. The second-order valence-electron chi connectivity index (χ2n) is 5.25. The Balaban J connectivity index is 2.78. The van der Waals surface area contributed by atoms with Gasteiger partial charge in [-0.1, -0.05) is 18.2 Å². The molecule has 0 aliphatic rings. The molecule has 0 heterocycles.